The van der Waals surface area contributed by atoms with Crippen molar-refractivity contribution >= 4 is 18.4 Å². The van der Waals surface area contributed by atoms with Crippen LogP contribution in [0.1, 0.15) is 30.4 Å². The van der Waals surface area contributed by atoms with Crippen molar-refractivity contribution < 1.29 is 9.53 Å². The Morgan fingerprint density at radius 1 is 0.926 bits per heavy atom. The van der Waals surface area contributed by atoms with Crippen molar-refractivity contribution in [1.82, 2.24) is 16.0 Å². The van der Waals surface area contributed by atoms with Gasteiger partial charge in [-0.25, -0.2) is 4.79 Å². The molecule has 2 aromatic carbocycles. The second-order valence-electron chi connectivity index (χ2n) is 7.14. The van der Waals surface area contributed by atoms with Gasteiger partial charge in [0, 0.05) is 12.6 Å². The smallest absolute Gasteiger partial charge is 0.315 e. The molecule has 1 aliphatic heterocycles. The normalized spacial score (nSPS) is 23.6. The molecule has 1 saturated carbocycles. The number of carbonyl (C=O) groups is 1. The van der Waals surface area contributed by atoms with Crippen LogP contribution in [0, 0.1) is 0 Å². The predicted octanol–water partition coefficient (Wildman–Crippen LogP) is 3.38. The van der Waals surface area contributed by atoms with E-state index in [9.17, 15) is 4.79 Å². The average molecular weight is 388 g/mol. The van der Waals surface area contributed by atoms with Gasteiger partial charge in [0.2, 0.25) is 0 Å². The van der Waals surface area contributed by atoms with Gasteiger partial charge in [-0.2, -0.15) is 0 Å². The Balaban J connectivity index is 0.00000210. The first kappa shape index (κ1) is 19.5. The molecule has 1 heterocycles. The molecule has 6 heteroatoms. The molecule has 0 spiro atoms. The van der Waals surface area contributed by atoms with Crippen molar-refractivity contribution in [3.63, 3.8) is 0 Å². The lowest BCUT2D eigenvalue weighted by Gasteiger charge is -2.31. The first-order chi connectivity index (χ1) is 12.8. The number of carbonyl (C=O) groups excluding carboxylic acids is 1. The molecule has 1 aliphatic carbocycles. The molecule has 5 nitrogen and oxygen atoms in total. The number of fused-ring (bicyclic) bond motifs is 1. The Labute approximate surface area is 166 Å². The predicted molar refractivity (Wildman–Crippen MR) is 108 cm³/mol. The Kier molecular flexibility index (Phi) is 6.58. The van der Waals surface area contributed by atoms with Crippen molar-refractivity contribution in [3.8, 4) is 5.75 Å². The standard InChI is InChI=1S/C21H25N3O2.ClH/c25-21-23-19-11-8-17(12-20(19)24-21)22-13-15-6-9-18(10-7-15)26-14-16-4-2-1-3-5-16;/h1-7,9-10,17,19-20,22H,8,11-14H2,(H2,23,24,25);1H. The molecule has 4 rings (SSSR count). The lowest BCUT2D eigenvalue weighted by Crippen LogP contribution is -2.46. The Bertz CT molecular complexity index is 739. The van der Waals surface area contributed by atoms with Crippen LogP contribution in [-0.4, -0.2) is 24.2 Å². The minimum atomic E-state index is -0.0215. The fourth-order valence-electron chi connectivity index (χ4n) is 3.77. The number of halogens is 1. The molecular weight excluding hydrogens is 362 g/mol. The van der Waals surface area contributed by atoms with Gasteiger partial charge in [-0.15, -0.1) is 12.4 Å². The molecule has 2 fully saturated rings. The highest BCUT2D eigenvalue weighted by Crippen LogP contribution is 2.23. The Hall–Kier alpha value is -2.24. The van der Waals surface area contributed by atoms with Crippen LogP contribution < -0.4 is 20.7 Å². The van der Waals surface area contributed by atoms with Crippen molar-refractivity contribution in [2.24, 2.45) is 0 Å². The molecule has 3 N–H and O–H groups in total. The van der Waals surface area contributed by atoms with Crippen molar-refractivity contribution in [2.45, 2.75) is 50.5 Å². The van der Waals surface area contributed by atoms with E-state index in [0.717, 1.165) is 31.6 Å². The van der Waals surface area contributed by atoms with E-state index in [-0.39, 0.29) is 24.5 Å². The second kappa shape index (κ2) is 9.11. The van der Waals surface area contributed by atoms with Crippen LogP contribution in [0.4, 0.5) is 4.79 Å². The maximum Gasteiger partial charge on any atom is 0.315 e. The molecule has 0 aromatic heterocycles. The Morgan fingerprint density at radius 2 is 1.67 bits per heavy atom. The monoisotopic (exact) mass is 387 g/mol. The van der Waals surface area contributed by atoms with Crippen molar-refractivity contribution in [2.75, 3.05) is 0 Å². The number of urea groups is 1. The van der Waals surface area contributed by atoms with Crippen LogP contribution in [0.5, 0.6) is 5.75 Å². The highest BCUT2D eigenvalue weighted by molar-refractivity contribution is 5.85. The molecule has 27 heavy (non-hydrogen) atoms. The van der Waals surface area contributed by atoms with E-state index in [1.807, 2.05) is 30.3 Å². The topological polar surface area (TPSA) is 62.4 Å². The van der Waals surface area contributed by atoms with Gasteiger partial charge in [0.1, 0.15) is 12.4 Å². The van der Waals surface area contributed by atoms with E-state index < -0.39 is 0 Å². The molecular formula is C21H26ClN3O2. The number of rotatable bonds is 6. The number of ether oxygens (including phenoxy) is 1. The van der Waals surface area contributed by atoms with E-state index in [0.29, 0.717) is 18.7 Å². The van der Waals surface area contributed by atoms with Gasteiger partial charge in [0.25, 0.3) is 0 Å². The minimum Gasteiger partial charge on any atom is -0.489 e. The number of hydrogen-bond acceptors (Lipinski definition) is 3. The Morgan fingerprint density at radius 3 is 2.44 bits per heavy atom. The van der Waals surface area contributed by atoms with Gasteiger partial charge in [-0.1, -0.05) is 42.5 Å². The average Bonchev–Trinajstić information content (AvgIpc) is 3.05. The molecule has 0 bridgehead atoms. The number of amides is 2. The van der Waals surface area contributed by atoms with Gasteiger partial charge < -0.3 is 20.7 Å². The maximum atomic E-state index is 11.4. The first-order valence-electron chi connectivity index (χ1n) is 9.32. The van der Waals surface area contributed by atoms with Crippen LogP contribution in [0.15, 0.2) is 54.6 Å². The summed E-state index contributed by atoms with van der Waals surface area (Å²) in [5, 5.41) is 9.62. The van der Waals surface area contributed by atoms with Crippen molar-refractivity contribution in [3.05, 3.63) is 65.7 Å². The van der Waals surface area contributed by atoms with Gasteiger partial charge in [-0.05, 0) is 42.5 Å². The van der Waals surface area contributed by atoms with Crippen LogP contribution in [-0.2, 0) is 13.2 Å². The second-order valence-corrected chi connectivity index (χ2v) is 7.14. The quantitative estimate of drug-likeness (QED) is 0.712. The maximum absolute atomic E-state index is 11.4. The third kappa shape index (κ3) is 5.15. The third-order valence-electron chi connectivity index (χ3n) is 5.25. The molecule has 1 saturated heterocycles. The van der Waals surface area contributed by atoms with E-state index >= 15 is 0 Å². The molecule has 3 atom stereocenters. The summed E-state index contributed by atoms with van der Waals surface area (Å²) in [6.45, 7) is 1.42. The number of hydrogen-bond donors (Lipinski definition) is 3. The van der Waals surface area contributed by atoms with Crippen molar-refractivity contribution in [1.29, 1.82) is 0 Å². The summed E-state index contributed by atoms with van der Waals surface area (Å²) in [4.78, 5) is 11.4. The lowest BCUT2D eigenvalue weighted by atomic mass is 9.88. The van der Waals surface area contributed by atoms with Crippen LogP contribution in [0.25, 0.3) is 0 Å². The number of benzene rings is 2. The SMILES string of the molecule is Cl.O=C1NC2CCC(NCc3ccc(OCc4ccccc4)cc3)CC2N1. The van der Waals surface area contributed by atoms with E-state index in [1.165, 1.54) is 11.1 Å². The summed E-state index contributed by atoms with van der Waals surface area (Å²) in [7, 11) is 0. The zero-order valence-corrected chi connectivity index (χ0v) is 16.0. The lowest BCUT2D eigenvalue weighted by molar-refractivity contribution is 0.247. The van der Waals surface area contributed by atoms with E-state index in [1.54, 1.807) is 0 Å². The molecule has 2 aromatic rings. The molecule has 3 unspecified atom stereocenters. The van der Waals surface area contributed by atoms with E-state index in [2.05, 4.69) is 40.2 Å². The van der Waals surface area contributed by atoms with Crippen LogP contribution >= 0.6 is 12.4 Å². The van der Waals surface area contributed by atoms with Gasteiger partial charge in [0.05, 0.1) is 12.1 Å². The first-order valence-corrected chi connectivity index (χ1v) is 9.32. The molecule has 2 aliphatic rings. The zero-order valence-electron chi connectivity index (χ0n) is 15.2. The molecule has 144 valence electrons. The fraction of sp³-hybridized carbons (Fsp3) is 0.381. The highest BCUT2D eigenvalue weighted by Gasteiger charge is 2.36. The summed E-state index contributed by atoms with van der Waals surface area (Å²) in [5.41, 5.74) is 2.41. The summed E-state index contributed by atoms with van der Waals surface area (Å²) < 4.78 is 5.83. The van der Waals surface area contributed by atoms with E-state index in [4.69, 9.17) is 4.74 Å². The summed E-state index contributed by atoms with van der Waals surface area (Å²) >= 11 is 0. The summed E-state index contributed by atoms with van der Waals surface area (Å²) in [5.74, 6) is 0.887. The summed E-state index contributed by atoms with van der Waals surface area (Å²) in [6, 6.07) is 19.5. The van der Waals surface area contributed by atoms with Gasteiger partial charge in [0.15, 0.2) is 0 Å². The summed E-state index contributed by atoms with van der Waals surface area (Å²) in [6.07, 6.45) is 3.12. The zero-order chi connectivity index (χ0) is 17.8. The fourth-order valence-corrected chi connectivity index (χ4v) is 3.77. The van der Waals surface area contributed by atoms with Crippen LogP contribution in [0.2, 0.25) is 0 Å². The minimum absolute atomic E-state index is 0. The number of nitrogens with one attached hydrogen (secondary N) is 3. The van der Waals surface area contributed by atoms with Crippen LogP contribution in [0.3, 0.4) is 0 Å². The third-order valence-corrected chi connectivity index (χ3v) is 5.25. The molecule has 2 amide bonds. The van der Waals surface area contributed by atoms with Gasteiger partial charge in [-0.3, -0.25) is 0 Å². The van der Waals surface area contributed by atoms with Gasteiger partial charge >= 0.3 is 6.03 Å². The largest absolute Gasteiger partial charge is 0.489 e. The highest BCUT2D eigenvalue weighted by atomic mass is 35.5. The molecule has 0 radical (unpaired) electrons.